The van der Waals surface area contributed by atoms with Gasteiger partial charge in [0.2, 0.25) is 11.8 Å². The van der Waals surface area contributed by atoms with Gasteiger partial charge in [0, 0.05) is 13.0 Å². The maximum absolute atomic E-state index is 13.9. The molecule has 0 bridgehead atoms. The molecule has 2 saturated heterocycles. The molecule has 3 heterocycles. The van der Waals surface area contributed by atoms with Crippen molar-refractivity contribution in [2.24, 2.45) is 17.8 Å². The lowest BCUT2D eigenvalue weighted by atomic mass is 9.58. The number of unbranched alkanes of at least 4 members (excludes halogenated alkanes) is 2. The van der Waals surface area contributed by atoms with Crippen LogP contribution in [0.25, 0.3) is 6.08 Å². The van der Waals surface area contributed by atoms with E-state index in [-0.39, 0.29) is 50.2 Å². The van der Waals surface area contributed by atoms with E-state index in [1.54, 1.807) is 6.07 Å². The van der Waals surface area contributed by atoms with Crippen LogP contribution in [0.4, 0.5) is 0 Å². The number of para-hydroxylation sites is 1. The third-order valence-electron chi connectivity index (χ3n) is 9.31. The van der Waals surface area contributed by atoms with E-state index < -0.39 is 31.0 Å². The lowest BCUT2D eigenvalue weighted by molar-refractivity contribution is -0.141. The maximum atomic E-state index is 13.9. The number of carboxylic acids is 1. The molecule has 5 rings (SSSR count). The van der Waals surface area contributed by atoms with Crippen molar-refractivity contribution in [1.82, 2.24) is 4.90 Å². The van der Waals surface area contributed by atoms with Crippen LogP contribution in [0.2, 0.25) is 6.32 Å². The van der Waals surface area contributed by atoms with Crippen LogP contribution in [0.5, 0.6) is 5.75 Å². The Morgan fingerprint density at radius 2 is 1.85 bits per heavy atom. The van der Waals surface area contributed by atoms with Crippen molar-refractivity contribution in [3.8, 4) is 5.75 Å². The number of nitrogens with zero attached hydrogens (tertiary/aromatic N) is 1. The summed E-state index contributed by atoms with van der Waals surface area (Å²) in [7, 11) is -1.07. The molecule has 0 radical (unpaired) electrons. The number of allylic oxidation sites excluding steroid dienone is 1. The first-order chi connectivity index (χ1) is 22.3. The molecule has 46 heavy (non-hydrogen) atoms. The van der Waals surface area contributed by atoms with Gasteiger partial charge in [0.1, 0.15) is 30.5 Å². The van der Waals surface area contributed by atoms with Crippen LogP contribution < -0.4 is 4.74 Å². The van der Waals surface area contributed by atoms with Crippen molar-refractivity contribution in [1.29, 1.82) is 0 Å². The molecule has 3 N–H and O–H groups in total. The topological polar surface area (TPSA) is 147 Å². The van der Waals surface area contributed by atoms with Crippen LogP contribution in [0.1, 0.15) is 76.2 Å². The minimum absolute atomic E-state index is 0.0624. The number of hydrogen-bond acceptors (Lipinski definition) is 8. The molecular formula is C35H44BNO9. The molecule has 2 aromatic rings. The molecule has 246 valence electrons. The first kappa shape index (κ1) is 33.7. The highest BCUT2D eigenvalue weighted by Gasteiger charge is 2.57. The number of carboxylic acid groups (broad SMARTS) is 1. The molecule has 0 saturated carbocycles. The number of imide groups is 1. The summed E-state index contributed by atoms with van der Waals surface area (Å²) in [5.41, 5.74) is 3.05. The van der Waals surface area contributed by atoms with E-state index in [4.69, 9.17) is 18.9 Å². The van der Waals surface area contributed by atoms with E-state index in [0.717, 1.165) is 29.6 Å². The largest absolute Gasteiger partial charge is 0.489 e. The van der Waals surface area contributed by atoms with Crippen molar-refractivity contribution in [3.05, 3.63) is 70.7 Å². The smallest absolute Gasteiger partial charge is 0.455 e. The first-order valence-electron chi connectivity index (χ1n) is 16.5. The summed E-state index contributed by atoms with van der Waals surface area (Å²) >= 11 is 0. The van der Waals surface area contributed by atoms with Gasteiger partial charge in [-0.15, -0.1) is 0 Å². The zero-order valence-corrected chi connectivity index (χ0v) is 26.4. The van der Waals surface area contributed by atoms with Crippen LogP contribution in [0.15, 0.2) is 63.6 Å². The summed E-state index contributed by atoms with van der Waals surface area (Å²) in [4.78, 5) is 39.8. The molecule has 1 aromatic carbocycles. The second-order valence-corrected chi connectivity index (χ2v) is 12.5. The second-order valence-electron chi connectivity index (χ2n) is 12.5. The Morgan fingerprint density at radius 1 is 1.04 bits per heavy atom. The third-order valence-corrected chi connectivity index (χ3v) is 9.31. The van der Waals surface area contributed by atoms with Crippen LogP contribution >= 0.6 is 0 Å². The number of aliphatic hydroxyl groups excluding tert-OH is 1. The van der Waals surface area contributed by atoms with Gasteiger partial charge < -0.3 is 29.0 Å². The zero-order chi connectivity index (χ0) is 32.6. The minimum atomic E-state index is -1.07. The summed E-state index contributed by atoms with van der Waals surface area (Å²) < 4.78 is 18.1. The number of aliphatic carboxylic acids is 1. The van der Waals surface area contributed by atoms with E-state index in [1.807, 2.05) is 42.5 Å². The van der Waals surface area contributed by atoms with Gasteiger partial charge in [0.15, 0.2) is 0 Å². The zero-order valence-electron chi connectivity index (χ0n) is 26.4. The number of aliphatic hydroxyl groups is 1. The molecule has 0 spiro atoms. The number of rotatable bonds is 16. The van der Waals surface area contributed by atoms with Gasteiger partial charge in [-0.05, 0) is 92.3 Å². The van der Waals surface area contributed by atoms with Crippen molar-refractivity contribution < 1.29 is 43.4 Å². The highest BCUT2D eigenvalue weighted by Crippen LogP contribution is 2.50. The minimum Gasteiger partial charge on any atom is -0.489 e. The number of likely N-dealkylation sites (tertiary alicyclic amines) is 1. The molecule has 11 heteroatoms. The second kappa shape index (κ2) is 15.8. The molecule has 1 aliphatic carbocycles. The number of furan rings is 1. The fourth-order valence-electron chi connectivity index (χ4n) is 7.26. The van der Waals surface area contributed by atoms with Crippen LogP contribution in [0.3, 0.4) is 0 Å². The highest BCUT2D eigenvalue weighted by atomic mass is 16.5. The van der Waals surface area contributed by atoms with Crippen LogP contribution in [-0.4, -0.2) is 64.3 Å². The fourth-order valence-corrected chi connectivity index (χ4v) is 7.26. The van der Waals surface area contributed by atoms with Gasteiger partial charge in [-0.3, -0.25) is 19.3 Å². The number of amides is 2. The molecule has 4 atom stereocenters. The monoisotopic (exact) mass is 633 g/mol. The first-order valence-corrected chi connectivity index (χ1v) is 16.5. The molecule has 10 nitrogen and oxygen atoms in total. The Labute approximate surface area is 270 Å². The fraction of sp³-hybridized carbons (Fsp3) is 0.514. The number of fused-ring (bicyclic) bond motifs is 3. The standard InChI is InChI=1S/C35H44BNO9/c1-2-9-23(18-26-14-15-27(21-38)45-26)13-16-30-32-24(22-44-25-10-5-3-6-11-25)19-28-33(29(32)20-36(43)46-30)35(42)37(34(28)41)17-8-4-7-12-31(39)40/h3,5-6,10-11,14-15,18,28-30,33,38,43H,2,4,7-9,12-13,16-17,19-22H2,1H3,(H,39,40)/b23-18+/t28-,29+,30-,33-/m1/s1. The number of hydrogen-bond donors (Lipinski definition) is 3. The third kappa shape index (κ3) is 8.00. The Balaban J connectivity index is 1.39. The normalized spacial score (nSPS) is 23.2. The summed E-state index contributed by atoms with van der Waals surface area (Å²) in [5.74, 6) is -0.857. The van der Waals surface area contributed by atoms with E-state index in [9.17, 15) is 24.5 Å². The number of carbonyl (C=O) groups excluding carboxylic acids is 2. The van der Waals surface area contributed by atoms with Gasteiger partial charge in [0.05, 0.1) is 17.9 Å². The van der Waals surface area contributed by atoms with Crippen molar-refractivity contribution in [3.63, 3.8) is 0 Å². The molecule has 2 fully saturated rings. The highest BCUT2D eigenvalue weighted by molar-refractivity contribution is 6.43. The Bertz CT molecular complexity index is 1430. The molecular weight excluding hydrogens is 589 g/mol. The molecule has 0 unspecified atom stereocenters. The van der Waals surface area contributed by atoms with Crippen molar-refractivity contribution >= 4 is 31.0 Å². The van der Waals surface area contributed by atoms with Gasteiger partial charge in [-0.2, -0.15) is 0 Å². The van der Waals surface area contributed by atoms with Gasteiger partial charge >= 0.3 is 13.1 Å². The SMILES string of the molecule is CCC/C(=C\c1ccc(CO)o1)CC[C@H]1OB(O)C[C@H]2C1=C(COc1ccccc1)C[C@H]1C(=O)N(CCCCCC(=O)O)C(=O)[C@H]12. The quantitative estimate of drug-likeness (QED) is 0.0976. The predicted molar refractivity (Wildman–Crippen MR) is 171 cm³/mol. The Morgan fingerprint density at radius 3 is 2.57 bits per heavy atom. The summed E-state index contributed by atoms with van der Waals surface area (Å²) in [6, 6.07) is 13.0. The Hall–Kier alpha value is -3.67. The van der Waals surface area contributed by atoms with E-state index >= 15 is 0 Å². The molecule has 1 aromatic heterocycles. The predicted octanol–water partition coefficient (Wildman–Crippen LogP) is 5.26. The average molecular weight is 634 g/mol. The van der Waals surface area contributed by atoms with Gasteiger partial charge in [-0.1, -0.05) is 43.5 Å². The van der Waals surface area contributed by atoms with Crippen LogP contribution in [0, 0.1) is 17.8 Å². The summed E-state index contributed by atoms with van der Waals surface area (Å²) in [6.07, 6.45) is 6.89. The van der Waals surface area contributed by atoms with Crippen LogP contribution in [-0.2, 0) is 25.6 Å². The molecule has 2 amide bonds. The van der Waals surface area contributed by atoms with Crippen molar-refractivity contribution in [2.75, 3.05) is 13.2 Å². The van der Waals surface area contributed by atoms with E-state index in [0.29, 0.717) is 55.8 Å². The number of benzene rings is 1. The lowest BCUT2D eigenvalue weighted by Gasteiger charge is -2.43. The lowest BCUT2D eigenvalue weighted by Crippen LogP contribution is -2.46. The average Bonchev–Trinajstić information content (AvgIpc) is 3.60. The Kier molecular flexibility index (Phi) is 11.5. The van der Waals surface area contributed by atoms with E-state index in [2.05, 4.69) is 6.92 Å². The van der Waals surface area contributed by atoms with Crippen molar-refractivity contribution in [2.45, 2.75) is 83.7 Å². The van der Waals surface area contributed by atoms with Gasteiger partial charge in [0.25, 0.3) is 0 Å². The molecule has 3 aliphatic rings. The number of carbonyl (C=O) groups is 3. The summed E-state index contributed by atoms with van der Waals surface area (Å²) in [6.45, 7) is 2.45. The maximum Gasteiger partial charge on any atom is 0.455 e. The summed E-state index contributed by atoms with van der Waals surface area (Å²) in [5, 5.41) is 29.3. The molecule has 2 aliphatic heterocycles. The van der Waals surface area contributed by atoms with Gasteiger partial charge in [-0.25, -0.2) is 0 Å². The number of ether oxygens (including phenoxy) is 1. The van der Waals surface area contributed by atoms with E-state index in [1.165, 1.54) is 4.90 Å².